The van der Waals surface area contributed by atoms with Crippen molar-refractivity contribution in [1.29, 1.82) is 0 Å². The van der Waals surface area contributed by atoms with Crippen LogP contribution in [0.25, 0.3) is 5.69 Å². The van der Waals surface area contributed by atoms with Gasteiger partial charge in [0, 0.05) is 18.5 Å². The van der Waals surface area contributed by atoms with Gasteiger partial charge in [-0.1, -0.05) is 53.6 Å². The van der Waals surface area contributed by atoms with Crippen LogP contribution in [0.2, 0.25) is 0 Å². The molecule has 27 heavy (non-hydrogen) atoms. The van der Waals surface area contributed by atoms with Gasteiger partial charge in [0.1, 0.15) is 0 Å². The number of nitrogens with zero attached hydrogens (tertiary/aromatic N) is 5. The number of aliphatic hydroxyl groups is 1. The molecule has 0 aliphatic carbocycles. The quantitative estimate of drug-likeness (QED) is 0.729. The van der Waals surface area contributed by atoms with Gasteiger partial charge in [-0.05, 0) is 53.8 Å². The van der Waals surface area contributed by atoms with Crippen LogP contribution in [0.5, 0.6) is 0 Å². The van der Waals surface area contributed by atoms with Crippen LogP contribution < -0.4 is 4.90 Å². The SMILES string of the molecule is OC[C@@]1(CCc2ccccc2)CCCN(c2nnnn2-c2ccccc2)C1. The molecule has 2 heterocycles. The molecule has 6 nitrogen and oxygen atoms in total. The van der Waals surface area contributed by atoms with E-state index in [2.05, 4.69) is 44.7 Å². The third kappa shape index (κ3) is 3.85. The molecule has 1 atom stereocenters. The number of para-hydroxylation sites is 1. The summed E-state index contributed by atoms with van der Waals surface area (Å²) >= 11 is 0. The lowest BCUT2D eigenvalue weighted by atomic mass is 9.76. The monoisotopic (exact) mass is 363 g/mol. The summed E-state index contributed by atoms with van der Waals surface area (Å²) < 4.78 is 1.78. The molecule has 1 aromatic heterocycles. The number of aliphatic hydroxyl groups excluding tert-OH is 1. The zero-order chi connectivity index (χ0) is 18.5. The van der Waals surface area contributed by atoms with Gasteiger partial charge < -0.3 is 10.0 Å². The molecular formula is C21H25N5O. The largest absolute Gasteiger partial charge is 0.396 e. The topological polar surface area (TPSA) is 67.1 Å². The molecule has 0 unspecified atom stereocenters. The fourth-order valence-corrected chi connectivity index (χ4v) is 3.96. The lowest BCUT2D eigenvalue weighted by Crippen LogP contribution is -2.46. The number of aryl methyl sites for hydroxylation is 1. The molecular weight excluding hydrogens is 338 g/mol. The molecule has 0 radical (unpaired) electrons. The highest BCUT2D eigenvalue weighted by Crippen LogP contribution is 2.36. The zero-order valence-electron chi connectivity index (χ0n) is 15.4. The molecule has 3 aromatic rings. The predicted octanol–water partition coefficient (Wildman–Crippen LogP) is 2.87. The van der Waals surface area contributed by atoms with Crippen molar-refractivity contribution in [3.63, 3.8) is 0 Å². The maximum atomic E-state index is 10.2. The lowest BCUT2D eigenvalue weighted by molar-refractivity contribution is 0.0958. The summed E-state index contributed by atoms with van der Waals surface area (Å²) in [6.45, 7) is 1.85. The summed E-state index contributed by atoms with van der Waals surface area (Å²) in [5.41, 5.74) is 2.14. The molecule has 1 N–H and O–H groups in total. The van der Waals surface area contributed by atoms with E-state index in [9.17, 15) is 5.11 Å². The number of hydrogen-bond donors (Lipinski definition) is 1. The first kappa shape index (κ1) is 17.7. The Balaban J connectivity index is 1.53. The summed E-state index contributed by atoms with van der Waals surface area (Å²) in [5.74, 6) is 0.749. The van der Waals surface area contributed by atoms with Crippen molar-refractivity contribution in [2.24, 2.45) is 5.41 Å². The third-order valence-electron chi connectivity index (χ3n) is 5.52. The van der Waals surface area contributed by atoms with E-state index in [0.29, 0.717) is 0 Å². The number of benzene rings is 2. The summed E-state index contributed by atoms with van der Waals surface area (Å²) in [7, 11) is 0. The molecule has 0 spiro atoms. The van der Waals surface area contributed by atoms with Crippen LogP contribution in [0.4, 0.5) is 5.95 Å². The Morgan fingerprint density at radius 2 is 1.74 bits per heavy atom. The number of rotatable bonds is 6. The van der Waals surface area contributed by atoms with E-state index in [1.165, 1.54) is 5.56 Å². The average Bonchev–Trinajstić information content (AvgIpc) is 3.24. The molecule has 6 heteroatoms. The Kier molecular flexibility index (Phi) is 5.16. The van der Waals surface area contributed by atoms with E-state index in [-0.39, 0.29) is 12.0 Å². The van der Waals surface area contributed by atoms with Gasteiger partial charge in [0.2, 0.25) is 5.95 Å². The van der Waals surface area contributed by atoms with Gasteiger partial charge >= 0.3 is 0 Å². The smallest absolute Gasteiger partial charge is 0.250 e. The number of anilines is 1. The van der Waals surface area contributed by atoms with Crippen molar-refractivity contribution in [1.82, 2.24) is 20.2 Å². The fraction of sp³-hybridized carbons (Fsp3) is 0.381. The molecule has 1 fully saturated rings. The van der Waals surface area contributed by atoms with Crippen LogP contribution in [0.3, 0.4) is 0 Å². The molecule has 0 bridgehead atoms. The molecule has 4 rings (SSSR count). The van der Waals surface area contributed by atoms with E-state index in [1.54, 1.807) is 4.68 Å². The molecule has 1 aliphatic rings. The van der Waals surface area contributed by atoms with Crippen LogP contribution in [0.1, 0.15) is 24.8 Å². The van der Waals surface area contributed by atoms with Crippen molar-refractivity contribution < 1.29 is 5.11 Å². The van der Waals surface area contributed by atoms with Crippen molar-refractivity contribution >= 4 is 5.95 Å². The van der Waals surface area contributed by atoms with Crippen molar-refractivity contribution in [2.75, 3.05) is 24.6 Å². The van der Waals surface area contributed by atoms with E-state index in [1.807, 2.05) is 36.4 Å². The third-order valence-corrected chi connectivity index (χ3v) is 5.52. The minimum atomic E-state index is -0.123. The second-order valence-corrected chi connectivity index (χ2v) is 7.40. The Bertz CT molecular complexity index is 851. The van der Waals surface area contributed by atoms with E-state index in [4.69, 9.17) is 0 Å². The highest BCUT2D eigenvalue weighted by molar-refractivity contribution is 5.41. The van der Waals surface area contributed by atoms with Crippen LogP contribution in [-0.2, 0) is 6.42 Å². The fourth-order valence-electron chi connectivity index (χ4n) is 3.96. The summed E-state index contributed by atoms with van der Waals surface area (Å²) in [6.07, 6.45) is 3.98. The normalized spacial score (nSPS) is 20.0. The van der Waals surface area contributed by atoms with E-state index < -0.39 is 0 Å². The zero-order valence-corrected chi connectivity index (χ0v) is 15.4. The van der Waals surface area contributed by atoms with E-state index in [0.717, 1.165) is 50.4 Å². The van der Waals surface area contributed by atoms with Gasteiger partial charge in [-0.15, -0.1) is 0 Å². The van der Waals surface area contributed by atoms with Gasteiger partial charge in [0.25, 0.3) is 0 Å². The average molecular weight is 363 g/mol. The second kappa shape index (κ2) is 7.88. The van der Waals surface area contributed by atoms with Gasteiger partial charge in [-0.25, -0.2) is 0 Å². The summed E-state index contributed by atoms with van der Waals surface area (Å²) in [6, 6.07) is 20.4. The second-order valence-electron chi connectivity index (χ2n) is 7.40. The van der Waals surface area contributed by atoms with Gasteiger partial charge in [-0.3, -0.25) is 0 Å². The molecule has 1 aliphatic heterocycles. The minimum absolute atomic E-state index is 0.123. The Morgan fingerprint density at radius 3 is 2.48 bits per heavy atom. The van der Waals surface area contributed by atoms with Crippen LogP contribution in [-0.4, -0.2) is 45.0 Å². The van der Waals surface area contributed by atoms with E-state index >= 15 is 0 Å². The molecule has 0 saturated carbocycles. The predicted molar refractivity (Wildman–Crippen MR) is 105 cm³/mol. The van der Waals surface area contributed by atoms with Crippen molar-refractivity contribution in [3.05, 3.63) is 66.2 Å². The number of tetrazole rings is 1. The van der Waals surface area contributed by atoms with Gasteiger partial charge in [0.15, 0.2) is 0 Å². The Labute approximate surface area is 159 Å². The van der Waals surface area contributed by atoms with Crippen molar-refractivity contribution in [3.8, 4) is 5.69 Å². The standard InChI is InChI=1S/C21H25N5O/c27-17-21(14-12-18-8-3-1-4-9-18)13-7-15-25(16-21)20-22-23-24-26(20)19-10-5-2-6-11-19/h1-6,8-11,27H,7,12-17H2/t21-/m1/s1. The van der Waals surface area contributed by atoms with Gasteiger partial charge in [-0.2, -0.15) is 4.68 Å². The number of hydrogen-bond acceptors (Lipinski definition) is 5. The molecule has 2 aromatic carbocycles. The first-order valence-corrected chi connectivity index (χ1v) is 9.53. The number of aromatic nitrogens is 4. The van der Waals surface area contributed by atoms with Crippen LogP contribution in [0, 0.1) is 5.41 Å². The van der Waals surface area contributed by atoms with Crippen LogP contribution in [0.15, 0.2) is 60.7 Å². The van der Waals surface area contributed by atoms with Gasteiger partial charge in [0.05, 0.1) is 12.3 Å². The maximum absolute atomic E-state index is 10.2. The summed E-state index contributed by atoms with van der Waals surface area (Å²) in [5, 5.41) is 22.6. The minimum Gasteiger partial charge on any atom is -0.396 e. The Hall–Kier alpha value is -2.73. The molecule has 0 amide bonds. The maximum Gasteiger partial charge on any atom is 0.250 e. The number of piperidine rings is 1. The summed E-state index contributed by atoms with van der Waals surface area (Å²) in [4.78, 5) is 2.22. The molecule has 1 saturated heterocycles. The van der Waals surface area contributed by atoms with Crippen molar-refractivity contribution in [2.45, 2.75) is 25.7 Å². The highest BCUT2D eigenvalue weighted by atomic mass is 16.3. The lowest BCUT2D eigenvalue weighted by Gasteiger charge is -2.42. The highest BCUT2D eigenvalue weighted by Gasteiger charge is 2.36. The first-order chi connectivity index (χ1) is 13.3. The van der Waals surface area contributed by atoms with Crippen LogP contribution >= 0.6 is 0 Å². The first-order valence-electron chi connectivity index (χ1n) is 9.53. The molecule has 140 valence electrons. The Morgan fingerprint density at radius 1 is 1.00 bits per heavy atom.